The van der Waals surface area contributed by atoms with Crippen LogP contribution in [0.2, 0.25) is 0 Å². The summed E-state index contributed by atoms with van der Waals surface area (Å²) < 4.78 is 38.6. The number of alkyl halides is 2. The summed E-state index contributed by atoms with van der Waals surface area (Å²) in [6, 6.07) is 13.7. The van der Waals surface area contributed by atoms with Crippen LogP contribution in [0.25, 0.3) is 0 Å². The average Bonchev–Trinajstić information content (AvgIpc) is 2.65. The molecular formula is C20H24F2NO4PS. The fraction of sp³-hybridized carbons (Fsp3) is 0.350. The zero-order valence-electron chi connectivity index (χ0n) is 15.7. The number of hydrogen-bond acceptors (Lipinski definition) is 3. The third kappa shape index (κ3) is 6.93. The Kier molecular flexibility index (Phi) is 8.40. The molecule has 2 rings (SSSR count). The topological polar surface area (TPSA) is 86.6 Å². The molecule has 0 aliphatic rings. The number of unbranched alkanes of at least 4 members (excludes halogenated alkanes) is 1. The maximum absolute atomic E-state index is 13.8. The molecule has 3 N–H and O–H groups in total. The Morgan fingerprint density at radius 2 is 1.72 bits per heavy atom. The standard InChI is InChI=1S/C20H24F2NO4PS/c21-20(22,28(25,26)27)17-11-10-16(14-18(17)29)12-13-23-19(24)9-5-4-8-15-6-2-1-3-7-15/h1-3,6-7,10-11,14,29H,4-5,8-9,12-13H2,(H,23,24)(H2,25,26,27). The van der Waals surface area contributed by atoms with Crippen molar-refractivity contribution in [3.8, 4) is 0 Å². The minimum Gasteiger partial charge on any atom is -0.356 e. The van der Waals surface area contributed by atoms with E-state index in [0.29, 0.717) is 24.9 Å². The second-order valence-corrected chi connectivity index (χ2v) is 8.86. The number of thiol groups is 1. The third-order valence-corrected chi connectivity index (χ3v) is 5.79. The highest BCUT2D eigenvalue weighted by Gasteiger charge is 2.51. The van der Waals surface area contributed by atoms with Crippen molar-refractivity contribution in [2.75, 3.05) is 6.54 Å². The van der Waals surface area contributed by atoms with Crippen molar-refractivity contribution in [3.63, 3.8) is 0 Å². The molecule has 0 aromatic heterocycles. The molecule has 9 heteroatoms. The molecule has 2 aromatic rings. The zero-order valence-corrected chi connectivity index (χ0v) is 17.5. The highest BCUT2D eigenvalue weighted by Crippen LogP contribution is 2.60. The van der Waals surface area contributed by atoms with Crippen molar-refractivity contribution >= 4 is 26.1 Å². The molecule has 0 bridgehead atoms. The number of hydrogen-bond donors (Lipinski definition) is 4. The molecule has 5 nitrogen and oxygen atoms in total. The van der Waals surface area contributed by atoms with Gasteiger partial charge in [0.05, 0.1) is 0 Å². The van der Waals surface area contributed by atoms with E-state index in [4.69, 9.17) is 9.79 Å². The first kappa shape index (κ1) is 23.5. The van der Waals surface area contributed by atoms with Crippen LogP contribution in [-0.4, -0.2) is 22.2 Å². The fourth-order valence-corrected chi connectivity index (χ4v) is 3.82. The van der Waals surface area contributed by atoms with E-state index in [9.17, 15) is 18.1 Å². The molecule has 0 unspecified atom stereocenters. The van der Waals surface area contributed by atoms with Crippen LogP contribution in [0, 0.1) is 0 Å². The third-order valence-electron chi connectivity index (χ3n) is 4.45. The number of amides is 1. The molecule has 0 aliphatic carbocycles. The Labute approximate surface area is 174 Å². The van der Waals surface area contributed by atoms with Gasteiger partial charge in [0, 0.05) is 23.4 Å². The van der Waals surface area contributed by atoms with Crippen molar-refractivity contribution < 1.29 is 27.9 Å². The Morgan fingerprint density at radius 1 is 1.03 bits per heavy atom. The lowest BCUT2D eigenvalue weighted by atomic mass is 10.1. The first-order valence-corrected chi connectivity index (χ1v) is 11.2. The van der Waals surface area contributed by atoms with Crippen molar-refractivity contribution in [1.29, 1.82) is 0 Å². The van der Waals surface area contributed by atoms with Gasteiger partial charge in [0.2, 0.25) is 5.91 Å². The summed E-state index contributed by atoms with van der Waals surface area (Å²) in [6.45, 7) is 0.332. The van der Waals surface area contributed by atoms with Crippen LogP contribution in [0.3, 0.4) is 0 Å². The number of benzene rings is 2. The zero-order chi connectivity index (χ0) is 21.5. The first-order valence-electron chi connectivity index (χ1n) is 9.17. The molecule has 1 amide bonds. The molecule has 0 heterocycles. The van der Waals surface area contributed by atoms with E-state index in [1.807, 2.05) is 18.2 Å². The van der Waals surface area contributed by atoms with Crippen LogP contribution < -0.4 is 5.32 Å². The minimum atomic E-state index is -5.64. The van der Waals surface area contributed by atoms with Gasteiger partial charge in [-0.1, -0.05) is 42.5 Å². The lowest BCUT2D eigenvalue weighted by molar-refractivity contribution is -0.121. The lowest BCUT2D eigenvalue weighted by Gasteiger charge is -2.20. The van der Waals surface area contributed by atoms with Gasteiger partial charge in [0.25, 0.3) is 0 Å². The van der Waals surface area contributed by atoms with Gasteiger partial charge in [0.1, 0.15) is 0 Å². The summed E-state index contributed by atoms with van der Waals surface area (Å²) in [4.78, 5) is 29.3. The molecule has 0 saturated carbocycles. The maximum atomic E-state index is 13.8. The van der Waals surface area contributed by atoms with Crippen LogP contribution in [-0.2, 0) is 27.9 Å². The van der Waals surface area contributed by atoms with Crippen LogP contribution in [0.4, 0.5) is 8.78 Å². The minimum absolute atomic E-state index is 0.0752. The van der Waals surface area contributed by atoms with Crippen LogP contribution in [0.5, 0.6) is 0 Å². The van der Waals surface area contributed by atoms with E-state index in [2.05, 4.69) is 30.1 Å². The molecule has 0 saturated heterocycles. The van der Waals surface area contributed by atoms with Crippen molar-refractivity contribution in [1.82, 2.24) is 5.32 Å². The number of carbonyl (C=O) groups excluding carboxylic acids is 1. The molecule has 0 fully saturated rings. The average molecular weight is 443 g/mol. The van der Waals surface area contributed by atoms with Crippen molar-refractivity contribution in [2.24, 2.45) is 0 Å². The Balaban J connectivity index is 1.75. The second-order valence-electron chi connectivity index (χ2n) is 6.73. The SMILES string of the molecule is O=C(CCCCc1ccccc1)NCCc1ccc(C(F)(F)P(=O)(O)O)c(S)c1. The van der Waals surface area contributed by atoms with E-state index in [-0.39, 0.29) is 10.8 Å². The van der Waals surface area contributed by atoms with Gasteiger partial charge in [-0.15, -0.1) is 12.6 Å². The van der Waals surface area contributed by atoms with Gasteiger partial charge in [-0.2, -0.15) is 8.78 Å². The molecular weight excluding hydrogens is 419 g/mol. The molecule has 2 aromatic carbocycles. The van der Waals surface area contributed by atoms with Crippen molar-refractivity contribution in [3.05, 3.63) is 65.2 Å². The van der Waals surface area contributed by atoms with E-state index in [1.54, 1.807) is 0 Å². The summed E-state index contributed by atoms with van der Waals surface area (Å²) in [5.74, 6) is -0.0752. The predicted molar refractivity (Wildman–Crippen MR) is 110 cm³/mol. The van der Waals surface area contributed by atoms with Gasteiger partial charge >= 0.3 is 13.3 Å². The molecule has 29 heavy (non-hydrogen) atoms. The number of rotatable bonds is 10. The molecule has 0 radical (unpaired) electrons. The summed E-state index contributed by atoms with van der Waals surface area (Å²) in [5, 5.41) is 2.78. The number of aryl methyl sites for hydroxylation is 1. The summed E-state index contributed by atoms with van der Waals surface area (Å²) >= 11 is 3.93. The number of carbonyl (C=O) groups is 1. The Morgan fingerprint density at radius 3 is 2.34 bits per heavy atom. The molecule has 0 atom stereocenters. The van der Waals surface area contributed by atoms with Gasteiger partial charge in [-0.3, -0.25) is 9.36 Å². The first-order chi connectivity index (χ1) is 13.6. The van der Waals surface area contributed by atoms with E-state index in [1.165, 1.54) is 17.7 Å². The van der Waals surface area contributed by atoms with Crippen molar-refractivity contribution in [2.45, 2.75) is 42.7 Å². The van der Waals surface area contributed by atoms with Crippen LogP contribution in [0.1, 0.15) is 36.0 Å². The Bertz CT molecular complexity index is 874. The lowest BCUT2D eigenvalue weighted by Crippen LogP contribution is -2.25. The smallest absolute Gasteiger partial charge is 0.356 e. The number of halogens is 2. The van der Waals surface area contributed by atoms with Gasteiger partial charge in [0.15, 0.2) is 0 Å². The highest BCUT2D eigenvalue weighted by atomic mass is 32.1. The second kappa shape index (κ2) is 10.3. The summed E-state index contributed by atoms with van der Waals surface area (Å²) in [5.41, 5.74) is -3.25. The monoisotopic (exact) mass is 443 g/mol. The van der Waals surface area contributed by atoms with Crippen LogP contribution in [0.15, 0.2) is 53.4 Å². The summed E-state index contributed by atoms with van der Waals surface area (Å²) in [6.07, 6.45) is 3.41. The maximum Gasteiger partial charge on any atom is 0.399 e. The van der Waals surface area contributed by atoms with Crippen LogP contribution >= 0.6 is 20.2 Å². The number of nitrogens with one attached hydrogen (secondary N) is 1. The quantitative estimate of drug-likeness (QED) is 0.251. The van der Waals surface area contributed by atoms with E-state index < -0.39 is 18.8 Å². The summed E-state index contributed by atoms with van der Waals surface area (Å²) in [7, 11) is -5.64. The van der Waals surface area contributed by atoms with Gasteiger partial charge in [-0.05, 0) is 42.9 Å². The molecule has 0 aliphatic heterocycles. The fourth-order valence-electron chi connectivity index (χ4n) is 2.84. The van der Waals surface area contributed by atoms with Gasteiger partial charge < -0.3 is 15.1 Å². The largest absolute Gasteiger partial charge is 0.399 e. The van der Waals surface area contributed by atoms with Gasteiger partial charge in [-0.25, -0.2) is 0 Å². The molecule has 158 valence electrons. The predicted octanol–water partition coefficient (Wildman–Crippen LogP) is 4.27. The Hall–Kier alpha value is -1.73. The normalized spacial score (nSPS) is 12.0. The van der Waals surface area contributed by atoms with E-state index in [0.717, 1.165) is 25.3 Å². The molecule has 0 spiro atoms. The highest BCUT2D eigenvalue weighted by molar-refractivity contribution is 7.80. The van der Waals surface area contributed by atoms with E-state index >= 15 is 0 Å².